The van der Waals surface area contributed by atoms with Crippen LogP contribution in [-0.4, -0.2) is 41.5 Å². The van der Waals surface area contributed by atoms with Crippen molar-refractivity contribution in [2.75, 3.05) is 7.05 Å². The number of fused-ring (bicyclic) bond motifs is 2. The minimum Gasteiger partial charge on any atom is -0.423 e. The Hall–Kier alpha value is -2.69. The molecule has 0 aliphatic carbocycles. The predicted octanol–water partition coefficient (Wildman–Crippen LogP) is 1.07. The van der Waals surface area contributed by atoms with Crippen LogP contribution in [0.1, 0.15) is 22.3 Å². The largest absolute Gasteiger partial charge is 0.488 e. The Balaban J connectivity index is 1.61. The second-order valence-electron chi connectivity index (χ2n) is 6.77. The Labute approximate surface area is 152 Å². The average molecular weight is 343 g/mol. The lowest BCUT2D eigenvalue weighted by atomic mass is 9.77. The minimum atomic E-state index is -1.45. The lowest BCUT2D eigenvalue weighted by Gasteiger charge is -2.20. The molecule has 5 heteroatoms. The molecule has 1 aliphatic heterocycles. The Morgan fingerprint density at radius 2 is 1.58 bits per heavy atom. The zero-order valence-electron chi connectivity index (χ0n) is 14.6. The van der Waals surface area contributed by atoms with Crippen LogP contribution in [0.5, 0.6) is 0 Å². The molecule has 0 radical (unpaired) electrons. The zero-order chi connectivity index (χ0) is 18.1. The van der Waals surface area contributed by atoms with Gasteiger partial charge in [-0.2, -0.15) is 0 Å². The molecule has 4 nitrogen and oxygen atoms in total. The molecular formula is C21H20BN2O2+. The van der Waals surface area contributed by atoms with Gasteiger partial charge in [-0.1, -0.05) is 47.1 Å². The maximum absolute atomic E-state index is 9.56. The van der Waals surface area contributed by atoms with E-state index in [0.29, 0.717) is 12.0 Å². The van der Waals surface area contributed by atoms with Crippen LogP contribution in [0.25, 0.3) is 10.8 Å². The van der Waals surface area contributed by atoms with Crippen LogP contribution in [0.3, 0.4) is 0 Å². The molecule has 0 saturated heterocycles. The summed E-state index contributed by atoms with van der Waals surface area (Å²) in [7, 11) is 0.595. The third kappa shape index (κ3) is 3.21. The first kappa shape index (κ1) is 16.8. The number of rotatable bonds is 5. The van der Waals surface area contributed by atoms with E-state index >= 15 is 0 Å². The molecule has 3 aromatic rings. The first-order valence-corrected chi connectivity index (χ1v) is 8.66. The van der Waals surface area contributed by atoms with Crippen molar-refractivity contribution in [2.24, 2.45) is 0 Å². The highest BCUT2D eigenvalue weighted by Crippen LogP contribution is 2.24. The summed E-state index contributed by atoms with van der Waals surface area (Å²) in [5.74, 6) is 0. The van der Waals surface area contributed by atoms with Crippen LogP contribution in [0.15, 0.2) is 54.6 Å². The Morgan fingerprint density at radius 3 is 2.38 bits per heavy atom. The second kappa shape index (κ2) is 6.91. The topological polar surface area (TPSA) is 57.8 Å². The molecule has 0 atom stereocenters. The molecule has 26 heavy (non-hydrogen) atoms. The number of hydrogen-bond acceptors (Lipinski definition) is 3. The molecule has 1 aliphatic rings. The summed E-state index contributed by atoms with van der Waals surface area (Å²) in [6.45, 7) is 1.41. The summed E-state index contributed by atoms with van der Waals surface area (Å²) in [5.41, 5.74) is 5.04. The van der Waals surface area contributed by atoms with Gasteiger partial charge in [0.15, 0.2) is 0 Å². The third-order valence-electron chi connectivity index (χ3n) is 4.82. The van der Waals surface area contributed by atoms with Gasteiger partial charge in [0.25, 0.3) is 0 Å². The van der Waals surface area contributed by atoms with Crippen molar-refractivity contribution in [3.05, 3.63) is 76.9 Å². The van der Waals surface area contributed by atoms with Crippen molar-refractivity contribution in [2.45, 2.75) is 13.1 Å². The number of benzene rings is 3. The van der Waals surface area contributed by atoms with Gasteiger partial charge < -0.3 is 10.0 Å². The highest BCUT2D eigenvalue weighted by molar-refractivity contribution is 6.59. The van der Waals surface area contributed by atoms with E-state index in [1.165, 1.54) is 16.3 Å². The van der Waals surface area contributed by atoms with E-state index in [0.717, 1.165) is 23.2 Å². The first-order valence-electron chi connectivity index (χ1n) is 8.66. The van der Waals surface area contributed by atoms with Crippen molar-refractivity contribution in [1.29, 1.82) is 0 Å². The van der Waals surface area contributed by atoms with Crippen molar-refractivity contribution in [3.63, 3.8) is 0 Å². The SMILES string of the molecule is CN(Cc1ccccc1B(O)O)Cc1cccc2cc3c(cc12)C=[N+]=C3. The molecule has 0 unspecified atom stereocenters. The minimum absolute atomic E-state index is 0.557. The maximum atomic E-state index is 9.56. The quantitative estimate of drug-likeness (QED) is 0.421. The fourth-order valence-electron chi connectivity index (χ4n) is 3.55. The van der Waals surface area contributed by atoms with E-state index in [4.69, 9.17) is 0 Å². The predicted molar refractivity (Wildman–Crippen MR) is 108 cm³/mol. The van der Waals surface area contributed by atoms with Gasteiger partial charge >= 0.3 is 19.5 Å². The Morgan fingerprint density at radius 1 is 0.885 bits per heavy atom. The van der Waals surface area contributed by atoms with Crippen LogP contribution in [0, 0.1) is 0 Å². The lowest BCUT2D eigenvalue weighted by Crippen LogP contribution is -2.34. The lowest BCUT2D eigenvalue weighted by molar-refractivity contribution is 0.320. The van der Waals surface area contributed by atoms with Crippen LogP contribution in [-0.2, 0) is 13.1 Å². The van der Waals surface area contributed by atoms with Gasteiger partial charge in [-0.05, 0) is 46.5 Å². The summed E-state index contributed by atoms with van der Waals surface area (Å²) in [6.07, 6.45) is 3.79. The van der Waals surface area contributed by atoms with Gasteiger partial charge in [0.05, 0.1) is 11.1 Å². The smallest absolute Gasteiger partial charge is 0.423 e. The molecule has 0 bridgehead atoms. The van der Waals surface area contributed by atoms with Gasteiger partial charge in [-0.3, -0.25) is 4.90 Å². The first-order chi connectivity index (χ1) is 12.6. The van der Waals surface area contributed by atoms with Gasteiger partial charge in [0.2, 0.25) is 0 Å². The zero-order valence-corrected chi connectivity index (χ0v) is 14.6. The summed E-state index contributed by atoms with van der Waals surface area (Å²) in [4.78, 5) is 2.18. The molecule has 0 amide bonds. The molecule has 3 aromatic carbocycles. The highest BCUT2D eigenvalue weighted by atomic mass is 16.4. The van der Waals surface area contributed by atoms with Crippen molar-refractivity contribution in [3.8, 4) is 0 Å². The molecule has 0 spiro atoms. The fraction of sp³-hybridized carbons (Fsp3) is 0.143. The molecule has 2 N–H and O–H groups in total. The van der Waals surface area contributed by atoms with Crippen molar-refractivity contribution in [1.82, 2.24) is 9.57 Å². The van der Waals surface area contributed by atoms with Gasteiger partial charge in [0, 0.05) is 13.1 Å². The summed E-state index contributed by atoms with van der Waals surface area (Å²) in [6, 6.07) is 18.2. The van der Waals surface area contributed by atoms with E-state index in [1.54, 1.807) is 6.07 Å². The number of hydrogen-bond donors (Lipinski definition) is 2. The van der Waals surface area contributed by atoms with Gasteiger partial charge in [-0.15, -0.1) is 0 Å². The molecule has 0 aromatic heterocycles. The molecule has 0 fully saturated rings. The van der Waals surface area contributed by atoms with Crippen LogP contribution < -0.4 is 10.1 Å². The number of nitrogens with zero attached hydrogens (tertiary/aromatic N) is 2. The second-order valence-corrected chi connectivity index (χ2v) is 6.77. The monoisotopic (exact) mass is 343 g/mol. The van der Waals surface area contributed by atoms with Crippen LogP contribution >= 0.6 is 0 Å². The Bertz CT molecular complexity index is 1040. The third-order valence-corrected chi connectivity index (χ3v) is 4.82. The van der Waals surface area contributed by atoms with Crippen molar-refractivity contribution >= 4 is 35.8 Å². The molecule has 0 saturated carbocycles. The van der Waals surface area contributed by atoms with Crippen LogP contribution in [0.2, 0.25) is 0 Å². The van der Waals surface area contributed by atoms with Gasteiger partial charge in [0.1, 0.15) is 0 Å². The van der Waals surface area contributed by atoms with E-state index in [1.807, 2.05) is 37.7 Å². The Kier molecular flexibility index (Phi) is 4.45. The molecule has 4 rings (SSSR count). The van der Waals surface area contributed by atoms with Gasteiger partial charge in [-0.25, -0.2) is 0 Å². The summed E-state index contributed by atoms with van der Waals surface area (Å²) >= 11 is 0. The molecular weight excluding hydrogens is 323 g/mol. The van der Waals surface area contributed by atoms with Crippen molar-refractivity contribution < 1.29 is 10.0 Å². The molecule has 1 heterocycles. The standard InChI is InChI=1S/C21H20BN2O2/c1-24(14-17-5-2-3-8-21(17)22(25)26)13-16-7-4-6-15-9-18-11-23-12-19(18)10-20(15)16/h2-12,25-26H,13-14H2,1H3/q+1. The highest BCUT2D eigenvalue weighted by Gasteiger charge is 2.17. The summed E-state index contributed by atoms with van der Waals surface area (Å²) in [5, 5.41) is 21.6. The molecule has 128 valence electrons. The fourth-order valence-corrected chi connectivity index (χ4v) is 3.55. The van der Waals surface area contributed by atoms with E-state index in [-0.39, 0.29) is 0 Å². The normalized spacial score (nSPS) is 12.2. The van der Waals surface area contributed by atoms with E-state index in [9.17, 15) is 10.0 Å². The van der Waals surface area contributed by atoms with E-state index < -0.39 is 7.12 Å². The maximum Gasteiger partial charge on any atom is 0.488 e. The van der Waals surface area contributed by atoms with E-state index in [2.05, 4.69) is 39.9 Å². The van der Waals surface area contributed by atoms with Crippen LogP contribution in [0.4, 0.5) is 0 Å². The summed E-state index contributed by atoms with van der Waals surface area (Å²) < 4.78 is 4.24. The average Bonchev–Trinajstić information content (AvgIpc) is 3.08.